The summed E-state index contributed by atoms with van der Waals surface area (Å²) in [6.45, 7) is 16.3. The molecule has 4 aliphatic carbocycles. The van der Waals surface area contributed by atoms with Crippen molar-refractivity contribution >= 4 is 5.97 Å². The Kier molecular flexibility index (Phi) is 7.24. The SMILES string of the molecule is CC[C@H](/C=C/[C@H](C)[C@@H]1CC[C@H]2C3=CC[C@H]4C[C@H](OC(C)=O)CC[C@@]4(C)[C@@H]3CC[C@]21C)C(C)C. The predicted molar refractivity (Wildman–Crippen MR) is 138 cm³/mol. The van der Waals surface area contributed by atoms with E-state index in [-0.39, 0.29) is 12.1 Å². The van der Waals surface area contributed by atoms with Gasteiger partial charge in [0.2, 0.25) is 0 Å². The highest BCUT2D eigenvalue weighted by Crippen LogP contribution is 2.66. The van der Waals surface area contributed by atoms with E-state index in [1.807, 2.05) is 5.57 Å². The van der Waals surface area contributed by atoms with Gasteiger partial charge in [0.25, 0.3) is 0 Å². The number of hydrogen-bond acceptors (Lipinski definition) is 2. The van der Waals surface area contributed by atoms with E-state index in [9.17, 15) is 4.79 Å². The number of rotatable bonds is 6. The van der Waals surface area contributed by atoms with Gasteiger partial charge in [0.1, 0.15) is 6.10 Å². The van der Waals surface area contributed by atoms with E-state index in [0.717, 1.165) is 36.5 Å². The first-order valence-electron chi connectivity index (χ1n) is 14.2. The van der Waals surface area contributed by atoms with Gasteiger partial charge < -0.3 is 4.74 Å². The molecule has 0 radical (unpaired) electrons. The number of carbonyl (C=O) groups excluding carboxylic acids is 1. The van der Waals surface area contributed by atoms with Crippen LogP contribution in [0, 0.1) is 52.3 Å². The number of esters is 1. The van der Waals surface area contributed by atoms with E-state index >= 15 is 0 Å². The Morgan fingerprint density at radius 2 is 1.76 bits per heavy atom. The molecule has 0 heterocycles. The molecule has 0 aromatic rings. The summed E-state index contributed by atoms with van der Waals surface area (Å²) in [5, 5.41) is 0. The third kappa shape index (κ3) is 4.50. The number of fused-ring (bicyclic) bond motifs is 5. The first-order chi connectivity index (χ1) is 15.6. The zero-order chi connectivity index (χ0) is 24.0. The highest BCUT2D eigenvalue weighted by molar-refractivity contribution is 5.66. The molecule has 4 aliphatic rings. The highest BCUT2D eigenvalue weighted by Gasteiger charge is 2.58. The van der Waals surface area contributed by atoms with Gasteiger partial charge in [0.05, 0.1) is 0 Å². The third-order valence-electron chi connectivity index (χ3n) is 11.1. The van der Waals surface area contributed by atoms with Crippen molar-refractivity contribution in [2.24, 2.45) is 52.3 Å². The van der Waals surface area contributed by atoms with Gasteiger partial charge in [-0.25, -0.2) is 0 Å². The monoisotopic (exact) mass is 454 g/mol. The number of allylic oxidation sites excluding steroid dienone is 4. The van der Waals surface area contributed by atoms with Gasteiger partial charge in [-0.3, -0.25) is 4.79 Å². The second kappa shape index (κ2) is 9.54. The summed E-state index contributed by atoms with van der Waals surface area (Å²) in [6.07, 6.45) is 19.3. The molecule has 0 saturated heterocycles. The molecule has 0 unspecified atom stereocenters. The summed E-state index contributed by atoms with van der Waals surface area (Å²) in [4.78, 5) is 11.5. The molecule has 2 heteroatoms. The summed E-state index contributed by atoms with van der Waals surface area (Å²) in [6, 6.07) is 0. The molecular weight excluding hydrogens is 404 g/mol. The predicted octanol–water partition coefficient (Wildman–Crippen LogP) is 8.37. The quantitative estimate of drug-likeness (QED) is 0.297. The fourth-order valence-electron chi connectivity index (χ4n) is 9.00. The molecule has 0 aromatic carbocycles. The molecule has 0 aromatic heterocycles. The normalized spacial score (nSPS) is 42.3. The van der Waals surface area contributed by atoms with E-state index in [4.69, 9.17) is 4.74 Å². The number of carbonyl (C=O) groups is 1. The average molecular weight is 455 g/mol. The lowest BCUT2D eigenvalue weighted by atomic mass is 9.47. The van der Waals surface area contributed by atoms with Crippen molar-refractivity contribution in [1.82, 2.24) is 0 Å². The Balaban J connectivity index is 1.50. The smallest absolute Gasteiger partial charge is 0.302 e. The van der Waals surface area contributed by atoms with Crippen LogP contribution >= 0.6 is 0 Å². The lowest BCUT2D eigenvalue weighted by Gasteiger charge is -2.58. The molecular formula is C31H50O2. The summed E-state index contributed by atoms with van der Waals surface area (Å²) >= 11 is 0. The van der Waals surface area contributed by atoms with E-state index in [1.54, 1.807) is 6.92 Å². The second-order valence-corrected chi connectivity index (χ2v) is 13.0. The molecule has 0 amide bonds. The number of hydrogen-bond donors (Lipinski definition) is 0. The van der Waals surface area contributed by atoms with Crippen molar-refractivity contribution < 1.29 is 9.53 Å². The van der Waals surface area contributed by atoms with Crippen molar-refractivity contribution in [1.29, 1.82) is 0 Å². The van der Waals surface area contributed by atoms with E-state index in [1.165, 1.54) is 44.9 Å². The van der Waals surface area contributed by atoms with Gasteiger partial charge in [-0.2, -0.15) is 0 Å². The van der Waals surface area contributed by atoms with Crippen molar-refractivity contribution in [3.63, 3.8) is 0 Å². The molecule has 3 saturated carbocycles. The van der Waals surface area contributed by atoms with Crippen LogP contribution in [0.4, 0.5) is 0 Å². The molecule has 2 nitrogen and oxygen atoms in total. The van der Waals surface area contributed by atoms with Crippen molar-refractivity contribution in [2.45, 2.75) is 112 Å². The molecule has 0 aliphatic heterocycles. The maximum Gasteiger partial charge on any atom is 0.302 e. The van der Waals surface area contributed by atoms with Crippen LogP contribution in [0.3, 0.4) is 0 Å². The zero-order valence-electron chi connectivity index (χ0n) is 22.5. The first kappa shape index (κ1) is 25.1. The summed E-state index contributed by atoms with van der Waals surface area (Å²) in [5.74, 6) is 5.05. The molecule has 4 rings (SSSR count). The largest absolute Gasteiger partial charge is 0.463 e. The van der Waals surface area contributed by atoms with Gasteiger partial charge in [-0.15, -0.1) is 0 Å². The highest BCUT2D eigenvalue weighted by atomic mass is 16.5. The van der Waals surface area contributed by atoms with Crippen LogP contribution in [0.1, 0.15) is 106 Å². The van der Waals surface area contributed by atoms with Gasteiger partial charge >= 0.3 is 5.97 Å². The minimum Gasteiger partial charge on any atom is -0.463 e. The fourth-order valence-corrected chi connectivity index (χ4v) is 9.00. The molecule has 0 spiro atoms. The lowest BCUT2D eigenvalue weighted by Crippen LogP contribution is -2.50. The van der Waals surface area contributed by atoms with Gasteiger partial charge in [0.15, 0.2) is 0 Å². The minimum atomic E-state index is -0.108. The third-order valence-corrected chi connectivity index (χ3v) is 11.1. The van der Waals surface area contributed by atoms with Crippen LogP contribution in [0.15, 0.2) is 23.8 Å². The Hall–Kier alpha value is -1.05. The molecule has 3 fully saturated rings. The molecule has 33 heavy (non-hydrogen) atoms. The molecule has 186 valence electrons. The van der Waals surface area contributed by atoms with Crippen LogP contribution in [-0.4, -0.2) is 12.1 Å². The van der Waals surface area contributed by atoms with E-state index in [0.29, 0.717) is 28.6 Å². The standard InChI is InChI=1S/C31H50O2/c1-8-23(20(2)3)10-9-21(4)27-13-14-28-26-12-11-24-19-25(33-22(5)32)15-17-30(24,6)29(26)16-18-31(27,28)7/h9-10,12,20-21,23-25,27-29H,8,11,13-19H2,1-7H3/b10-9+/t21-,23+,24-,25+,27-,28-,29+,30+,31-/m0/s1. The van der Waals surface area contributed by atoms with Gasteiger partial charge in [-0.05, 0) is 110 Å². The van der Waals surface area contributed by atoms with Crippen LogP contribution in [-0.2, 0) is 9.53 Å². The Bertz CT molecular complexity index is 778. The van der Waals surface area contributed by atoms with Gasteiger partial charge in [-0.1, -0.05) is 65.3 Å². The fraction of sp³-hybridized carbons (Fsp3) is 0.839. The van der Waals surface area contributed by atoms with Gasteiger partial charge in [0, 0.05) is 6.92 Å². The lowest BCUT2D eigenvalue weighted by molar-refractivity contribution is -0.152. The Morgan fingerprint density at radius 3 is 2.42 bits per heavy atom. The molecule has 0 N–H and O–H groups in total. The van der Waals surface area contributed by atoms with E-state index < -0.39 is 0 Å². The maximum absolute atomic E-state index is 11.5. The van der Waals surface area contributed by atoms with Crippen LogP contribution in [0.5, 0.6) is 0 Å². The van der Waals surface area contributed by atoms with Crippen molar-refractivity contribution in [3.8, 4) is 0 Å². The van der Waals surface area contributed by atoms with Crippen LogP contribution in [0.2, 0.25) is 0 Å². The Labute approximate surface area is 204 Å². The first-order valence-corrected chi connectivity index (χ1v) is 14.2. The minimum absolute atomic E-state index is 0.108. The Morgan fingerprint density at radius 1 is 1.06 bits per heavy atom. The van der Waals surface area contributed by atoms with Crippen molar-refractivity contribution in [2.75, 3.05) is 0 Å². The molecule has 9 atom stereocenters. The zero-order valence-corrected chi connectivity index (χ0v) is 22.5. The molecule has 0 bridgehead atoms. The summed E-state index contributed by atoms with van der Waals surface area (Å²) < 4.78 is 5.64. The van der Waals surface area contributed by atoms with Crippen molar-refractivity contribution in [3.05, 3.63) is 23.8 Å². The van der Waals surface area contributed by atoms with E-state index in [2.05, 4.69) is 59.8 Å². The topological polar surface area (TPSA) is 26.3 Å². The van der Waals surface area contributed by atoms with Crippen LogP contribution < -0.4 is 0 Å². The maximum atomic E-state index is 11.5. The summed E-state index contributed by atoms with van der Waals surface area (Å²) in [5.41, 5.74) is 2.70. The summed E-state index contributed by atoms with van der Waals surface area (Å²) in [7, 11) is 0. The average Bonchev–Trinajstić information content (AvgIpc) is 3.11. The number of ether oxygens (including phenoxy) is 1. The van der Waals surface area contributed by atoms with Crippen LogP contribution in [0.25, 0.3) is 0 Å². The second-order valence-electron chi connectivity index (χ2n) is 13.0.